The molecular weight excluding hydrogens is 304 g/mol. The van der Waals surface area contributed by atoms with Gasteiger partial charge < -0.3 is 15.7 Å². The molecule has 0 saturated heterocycles. The zero-order chi connectivity index (χ0) is 16.9. The first kappa shape index (κ1) is 15.7. The highest BCUT2D eigenvalue weighted by molar-refractivity contribution is 5.90. The number of hydrogen-bond donors (Lipinski definition) is 3. The highest BCUT2D eigenvalue weighted by Gasteiger charge is 2.11. The highest BCUT2D eigenvalue weighted by Crippen LogP contribution is 2.29. The van der Waals surface area contributed by atoms with Gasteiger partial charge in [-0.1, -0.05) is 24.3 Å². The average molecular weight is 322 g/mol. The summed E-state index contributed by atoms with van der Waals surface area (Å²) in [5, 5.41) is 16.9. The topological polar surface area (TPSA) is 87.1 Å². The Morgan fingerprint density at radius 3 is 2.58 bits per heavy atom. The maximum absolute atomic E-state index is 11.0. The van der Waals surface area contributed by atoms with Gasteiger partial charge in [-0.2, -0.15) is 0 Å². The van der Waals surface area contributed by atoms with Crippen LogP contribution in [0.3, 0.4) is 0 Å². The van der Waals surface area contributed by atoms with Crippen molar-refractivity contribution in [1.29, 1.82) is 0 Å². The van der Waals surface area contributed by atoms with Gasteiger partial charge in [0.2, 0.25) is 5.91 Å². The van der Waals surface area contributed by atoms with Crippen LogP contribution >= 0.6 is 0 Å². The summed E-state index contributed by atoms with van der Waals surface area (Å²) in [7, 11) is 0. The molecular formula is C18H18N4O2. The number of rotatable bonds is 5. The molecule has 3 rings (SSSR count). The van der Waals surface area contributed by atoms with Crippen molar-refractivity contribution < 1.29 is 9.90 Å². The number of aromatic hydroxyl groups is 1. The molecule has 1 amide bonds. The van der Waals surface area contributed by atoms with E-state index in [4.69, 9.17) is 0 Å². The van der Waals surface area contributed by atoms with Crippen LogP contribution in [0.2, 0.25) is 0 Å². The molecule has 0 aliphatic carbocycles. The standard InChI is InChI=1S/C18H18N4O2/c1-12(23)19-10-11-20-17-13-6-2-4-8-15(13)21-18(22-17)14-7-3-5-9-16(14)24/h2-9,24H,10-11H2,1H3,(H,19,23)(H,20,21,22). The summed E-state index contributed by atoms with van der Waals surface area (Å²) in [6, 6.07) is 14.6. The van der Waals surface area contributed by atoms with E-state index in [0.29, 0.717) is 30.3 Å². The normalized spacial score (nSPS) is 10.5. The molecule has 0 unspecified atom stereocenters. The minimum atomic E-state index is -0.0701. The van der Waals surface area contributed by atoms with Crippen molar-refractivity contribution >= 4 is 22.6 Å². The maximum Gasteiger partial charge on any atom is 0.216 e. The molecule has 6 nitrogen and oxygen atoms in total. The number of benzene rings is 2. The number of fused-ring (bicyclic) bond motifs is 1. The molecule has 3 aromatic rings. The summed E-state index contributed by atoms with van der Waals surface area (Å²) in [5.74, 6) is 1.19. The number of amides is 1. The average Bonchev–Trinajstić information content (AvgIpc) is 2.58. The second-order valence-corrected chi connectivity index (χ2v) is 5.34. The largest absolute Gasteiger partial charge is 0.507 e. The number of para-hydroxylation sites is 2. The predicted molar refractivity (Wildman–Crippen MR) is 93.8 cm³/mol. The number of aromatic nitrogens is 2. The lowest BCUT2D eigenvalue weighted by Gasteiger charge is -2.11. The Bertz CT molecular complexity index is 880. The van der Waals surface area contributed by atoms with E-state index in [2.05, 4.69) is 20.6 Å². The Hall–Kier alpha value is -3.15. The van der Waals surface area contributed by atoms with E-state index in [1.807, 2.05) is 30.3 Å². The van der Waals surface area contributed by atoms with E-state index in [-0.39, 0.29) is 11.7 Å². The number of phenolic OH excluding ortho intramolecular Hbond substituents is 1. The molecule has 24 heavy (non-hydrogen) atoms. The fourth-order valence-electron chi connectivity index (χ4n) is 2.41. The first-order valence-corrected chi connectivity index (χ1v) is 7.68. The minimum absolute atomic E-state index is 0.0701. The molecule has 0 aliphatic heterocycles. The van der Waals surface area contributed by atoms with Gasteiger partial charge in [-0.3, -0.25) is 4.79 Å². The third-order valence-electron chi connectivity index (χ3n) is 3.54. The third-order valence-corrected chi connectivity index (χ3v) is 3.54. The van der Waals surface area contributed by atoms with Gasteiger partial charge in [-0.25, -0.2) is 9.97 Å². The molecule has 1 heterocycles. The Labute approximate surface area is 139 Å². The van der Waals surface area contributed by atoms with Gasteiger partial charge in [0.25, 0.3) is 0 Å². The van der Waals surface area contributed by atoms with Crippen LogP contribution in [-0.4, -0.2) is 34.1 Å². The molecule has 6 heteroatoms. The smallest absolute Gasteiger partial charge is 0.216 e. The molecule has 1 aromatic heterocycles. The van der Waals surface area contributed by atoms with Gasteiger partial charge in [0.05, 0.1) is 11.1 Å². The molecule has 0 aliphatic rings. The monoisotopic (exact) mass is 322 g/mol. The Morgan fingerprint density at radius 2 is 1.79 bits per heavy atom. The molecule has 0 spiro atoms. The number of carbonyl (C=O) groups excluding carboxylic acids is 1. The second kappa shape index (κ2) is 6.95. The summed E-state index contributed by atoms with van der Waals surface area (Å²) in [6.07, 6.45) is 0. The van der Waals surface area contributed by atoms with E-state index < -0.39 is 0 Å². The number of nitrogens with one attached hydrogen (secondary N) is 2. The Balaban J connectivity index is 1.97. The lowest BCUT2D eigenvalue weighted by molar-refractivity contribution is -0.118. The molecule has 0 bridgehead atoms. The van der Waals surface area contributed by atoms with Crippen LogP contribution in [0.4, 0.5) is 5.82 Å². The van der Waals surface area contributed by atoms with E-state index in [0.717, 1.165) is 10.9 Å². The van der Waals surface area contributed by atoms with Crippen LogP contribution in [0.1, 0.15) is 6.92 Å². The van der Waals surface area contributed by atoms with E-state index >= 15 is 0 Å². The third kappa shape index (κ3) is 3.43. The summed E-state index contributed by atoms with van der Waals surface area (Å²) in [4.78, 5) is 20.0. The SMILES string of the molecule is CC(=O)NCCNc1nc(-c2ccccc2O)nc2ccccc12. The van der Waals surface area contributed by atoms with Crippen LogP contribution in [0.15, 0.2) is 48.5 Å². The lowest BCUT2D eigenvalue weighted by Crippen LogP contribution is -2.26. The molecule has 122 valence electrons. The van der Waals surface area contributed by atoms with Crippen molar-refractivity contribution in [2.75, 3.05) is 18.4 Å². The Kier molecular flexibility index (Phi) is 4.56. The van der Waals surface area contributed by atoms with Crippen LogP contribution in [-0.2, 0) is 4.79 Å². The van der Waals surface area contributed by atoms with Crippen LogP contribution in [0.5, 0.6) is 5.75 Å². The van der Waals surface area contributed by atoms with Gasteiger partial charge in [0, 0.05) is 25.4 Å². The molecule has 0 atom stereocenters. The number of anilines is 1. The van der Waals surface area contributed by atoms with Crippen LogP contribution in [0, 0.1) is 0 Å². The first-order valence-electron chi connectivity index (χ1n) is 7.68. The number of phenols is 1. The van der Waals surface area contributed by atoms with Gasteiger partial charge in [-0.05, 0) is 24.3 Å². The van der Waals surface area contributed by atoms with Gasteiger partial charge >= 0.3 is 0 Å². The van der Waals surface area contributed by atoms with Crippen molar-refractivity contribution in [3.05, 3.63) is 48.5 Å². The van der Waals surface area contributed by atoms with Crippen LogP contribution < -0.4 is 10.6 Å². The molecule has 0 radical (unpaired) electrons. The maximum atomic E-state index is 11.0. The minimum Gasteiger partial charge on any atom is -0.507 e. The first-order chi connectivity index (χ1) is 11.6. The van der Waals surface area contributed by atoms with Crippen molar-refractivity contribution in [3.63, 3.8) is 0 Å². The predicted octanol–water partition coefficient (Wildman–Crippen LogP) is 2.55. The summed E-state index contributed by atoms with van der Waals surface area (Å²) < 4.78 is 0. The van der Waals surface area contributed by atoms with Crippen LogP contribution in [0.25, 0.3) is 22.3 Å². The molecule has 0 fully saturated rings. The zero-order valence-corrected chi connectivity index (χ0v) is 13.3. The molecule has 2 aromatic carbocycles. The van der Waals surface area contributed by atoms with Crippen molar-refractivity contribution in [1.82, 2.24) is 15.3 Å². The Morgan fingerprint density at radius 1 is 1.04 bits per heavy atom. The van der Waals surface area contributed by atoms with Gasteiger partial charge in [0.1, 0.15) is 11.6 Å². The van der Waals surface area contributed by atoms with Crippen molar-refractivity contribution in [2.45, 2.75) is 6.92 Å². The summed E-state index contributed by atoms with van der Waals surface area (Å²) in [5.41, 5.74) is 1.36. The summed E-state index contributed by atoms with van der Waals surface area (Å²) >= 11 is 0. The van der Waals surface area contributed by atoms with Crippen molar-refractivity contribution in [3.8, 4) is 17.1 Å². The van der Waals surface area contributed by atoms with E-state index in [1.165, 1.54) is 6.92 Å². The fourth-order valence-corrected chi connectivity index (χ4v) is 2.41. The van der Waals surface area contributed by atoms with Gasteiger partial charge in [0.15, 0.2) is 5.82 Å². The van der Waals surface area contributed by atoms with E-state index in [9.17, 15) is 9.90 Å². The molecule has 0 saturated carbocycles. The quantitative estimate of drug-likeness (QED) is 0.628. The number of nitrogens with zero attached hydrogens (tertiary/aromatic N) is 2. The second-order valence-electron chi connectivity index (χ2n) is 5.34. The summed E-state index contributed by atoms with van der Waals surface area (Å²) in [6.45, 7) is 2.52. The van der Waals surface area contributed by atoms with Gasteiger partial charge in [-0.15, -0.1) is 0 Å². The fraction of sp³-hybridized carbons (Fsp3) is 0.167. The lowest BCUT2D eigenvalue weighted by atomic mass is 10.1. The molecule has 3 N–H and O–H groups in total. The van der Waals surface area contributed by atoms with Crippen molar-refractivity contribution in [2.24, 2.45) is 0 Å². The highest BCUT2D eigenvalue weighted by atomic mass is 16.3. The number of hydrogen-bond acceptors (Lipinski definition) is 5. The zero-order valence-electron chi connectivity index (χ0n) is 13.3. The van der Waals surface area contributed by atoms with E-state index in [1.54, 1.807) is 18.2 Å². The number of carbonyl (C=O) groups is 1.